The first-order valence-corrected chi connectivity index (χ1v) is 17.2. The van der Waals surface area contributed by atoms with Gasteiger partial charge in [0.05, 0.1) is 0 Å². The average Bonchev–Trinajstić information content (AvgIpc) is 3.57. The molecule has 230 valence electrons. The molecule has 0 spiro atoms. The summed E-state index contributed by atoms with van der Waals surface area (Å²) in [4.78, 5) is 15.4. The standard InChI is InChI=1S/C45H29N3S/c1-4-13-30(14-5-1)32-23-25-34(26-24-32)43-46-44(36-20-12-19-35(27-36)31-15-6-2-7-16-31)48-45(47-43)37-28-39(33-17-8-3-9-18-33)42-38-21-10-11-22-40(38)49-41(42)29-37/h1-29H. The van der Waals surface area contributed by atoms with Gasteiger partial charge in [0, 0.05) is 36.9 Å². The summed E-state index contributed by atoms with van der Waals surface area (Å²) in [6, 6.07) is 61.6. The average molecular weight is 644 g/mol. The van der Waals surface area contributed by atoms with Crippen molar-refractivity contribution in [3.63, 3.8) is 0 Å². The molecule has 0 aliphatic rings. The molecule has 0 N–H and O–H groups in total. The van der Waals surface area contributed by atoms with E-state index in [0.717, 1.165) is 33.4 Å². The van der Waals surface area contributed by atoms with E-state index in [2.05, 4.69) is 164 Å². The lowest BCUT2D eigenvalue weighted by Gasteiger charge is -2.12. The Morgan fingerprint density at radius 1 is 0.306 bits per heavy atom. The zero-order valence-electron chi connectivity index (χ0n) is 26.5. The maximum absolute atomic E-state index is 5.18. The fourth-order valence-electron chi connectivity index (χ4n) is 6.50. The number of rotatable bonds is 6. The molecule has 9 rings (SSSR count). The highest BCUT2D eigenvalue weighted by atomic mass is 32.1. The largest absolute Gasteiger partial charge is 0.208 e. The molecule has 49 heavy (non-hydrogen) atoms. The van der Waals surface area contributed by atoms with Crippen LogP contribution in [0.1, 0.15) is 0 Å². The van der Waals surface area contributed by atoms with Gasteiger partial charge in [-0.05, 0) is 57.6 Å². The van der Waals surface area contributed by atoms with Gasteiger partial charge in [0.25, 0.3) is 0 Å². The number of fused-ring (bicyclic) bond motifs is 3. The first kappa shape index (κ1) is 29.0. The van der Waals surface area contributed by atoms with Crippen LogP contribution in [-0.4, -0.2) is 15.0 Å². The zero-order chi connectivity index (χ0) is 32.6. The van der Waals surface area contributed by atoms with Crippen LogP contribution in [0.15, 0.2) is 176 Å². The first-order chi connectivity index (χ1) is 24.3. The summed E-state index contributed by atoms with van der Waals surface area (Å²) >= 11 is 1.81. The maximum Gasteiger partial charge on any atom is 0.164 e. The van der Waals surface area contributed by atoms with Gasteiger partial charge >= 0.3 is 0 Å². The Balaban J connectivity index is 1.25. The molecule has 0 atom stereocenters. The van der Waals surface area contributed by atoms with E-state index in [1.54, 1.807) is 0 Å². The van der Waals surface area contributed by atoms with E-state index in [-0.39, 0.29) is 0 Å². The van der Waals surface area contributed by atoms with Crippen LogP contribution >= 0.6 is 11.3 Å². The Labute approximate surface area is 288 Å². The summed E-state index contributed by atoms with van der Waals surface area (Å²) in [5, 5.41) is 2.53. The van der Waals surface area contributed by atoms with Gasteiger partial charge in [0.15, 0.2) is 17.5 Å². The van der Waals surface area contributed by atoms with E-state index in [0.29, 0.717) is 17.5 Å². The van der Waals surface area contributed by atoms with Gasteiger partial charge in [0.2, 0.25) is 0 Å². The molecule has 4 heteroatoms. The summed E-state index contributed by atoms with van der Waals surface area (Å²) in [5.74, 6) is 1.93. The number of aromatic nitrogens is 3. The molecule has 3 nitrogen and oxygen atoms in total. The smallest absolute Gasteiger partial charge is 0.164 e. The summed E-state index contributed by atoms with van der Waals surface area (Å²) < 4.78 is 2.47. The summed E-state index contributed by atoms with van der Waals surface area (Å²) in [6.45, 7) is 0. The van der Waals surface area contributed by atoms with Gasteiger partial charge in [-0.1, -0.05) is 152 Å². The van der Waals surface area contributed by atoms with E-state index in [1.165, 1.54) is 36.9 Å². The van der Waals surface area contributed by atoms with Crippen molar-refractivity contribution in [3.05, 3.63) is 176 Å². The monoisotopic (exact) mass is 643 g/mol. The summed E-state index contributed by atoms with van der Waals surface area (Å²) in [5.41, 5.74) is 9.78. The van der Waals surface area contributed by atoms with Crippen LogP contribution in [-0.2, 0) is 0 Å². The van der Waals surface area contributed by atoms with Crippen LogP contribution in [0.5, 0.6) is 0 Å². The van der Waals surface area contributed by atoms with Crippen molar-refractivity contribution < 1.29 is 0 Å². The molecule has 0 saturated carbocycles. The molecular formula is C45H29N3S. The highest BCUT2D eigenvalue weighted by molar-refractivity contribution is 7.26. The molecule has 2 aromatic heterocycles. The SMILES string of the molecule is c1ccc(-c2ccc(-c3nc(-c4cccc(-c5ccccc5)c4)nc(-c4cc(-c5ccccc5)c5c(c4)sc4ccccc45)n3)cc2)cc1. The van der Waals surface area contributed by atoms with Gasteiger partial charge in [-0.2, -0.15) is 0 Å². The minimum atomic E-state index is 0.641. The second-order valence-electron chi connectivity index (χ2n) is 12.1. The van der Waals surface area contributed by atoms with Crippen molar-refractivity contribution in [2.75, 3.05) is 0 Å². The van der Waals surface area contributed by atoms with Crippen LogP contribution in [0, 0.1) is 0 Å². The van der Waals surface area contributed by atoms with Crippen LogP contribution in [0.4, 0.5) is 0 Å². The second kappa shape index (κ2) is 12.4. The number of benzene rings is 7. The highest BCUT2D eigenvalue weighted by Gasteiger charge is 2.18. The first-order valence-electron chi connectivity index (χ1n) is 16.4. The quantitative estimate of drug-likeness (QED) is 0.181. The lowest BCUT2D eigenvalue weighted by atomic mass is 9.97. The molecule has 2 heterocycles. The lowest BCUT2D eigenvalue weighted by Crippen LogP contribution is -2.00. The zero-order valence-corrected chi connectivity index (χ0v) is 27.3. The van der Waals surface area contributed by atoms with Crippen molar-refractivity contribution in [2.45, 2.75) is 0 Å². The number of hydrogen-bond donors (Lipinski definition) is 0. The van der Waals surface area contributed by atoms with Crippen LogP contribution in [0.25, 0.3) is 87.7 Å². The molecule has 0 fully saturated rings. The fraction of sp³-hybridized carbons (Fsp3) is 0. The van der Waals surface area contributed by atoms with Crippen molar-refractivity contribution in [3.8, 4) is 67.5 Å². The Bertz CT molecular complexity index is 2580. The maximum atomic E-state index is 5.18. The topological polar surface area (TPSA) is 38.7 Å². The van der Waals surface area contributed by atoms with Crippen LogP contribution in [0.3, 0.4) is 0 Å². The molecule has 0 aliphatic heterocycles. The minimum Gasteiger partial charge on any atom is -0.208 e. The molecule has 0 aliphatic carbocycles. The van der Waals surface area contributed by atoms with Gasteiger partial charge in [-0.25, -0.2) is 15.0 Å². The van der Waals surface area contributed by atoms with E-state index >= 15 is 0 Å². The number of thiophene rings is 1. The number of hydrogen-bond acceptors (Lipinski definition) is 4. The van der Waals surface area contributed by atoms with Crippen molar-refractivity contribution in [2.24, 2.45) is 0 Å². The molecular weight excluding hydrogens is 615 g/mol. The Kier molecular flexibility index (Phi) is 7.34. The molecule has 0 radical (unpaired) electrons. The van der Waals surface area contributed by atoms with Crippen molar-refractivity contribution in [1.29, 1.82) is 0 Å². The van der Waals surface area contributed by atoms with Gasteiger partial charge in [0.1, 0.15) is 0 Å². The van der Waals surface area contributed by atoms with E-state index in [1.807, 2.05) is 23.5 Å². The molecule has 9 aromatic rings. The Hall–Kier alpha value is -6.23. The van der Waals surface area contributed by atoms with E-state index in [9.17, 15) is 0 Å². The van der Waals surface area contributed by atoms with Crippen molar-refractivity contribution >= 4 is 31.5 Å². The normalized spacial score (nSPS) is 11.3. The number of nitrogens with zero attached hydrogens (tertiary/aromatic N) is 3. The van der Waals surface area contributed by atoms with Gasteiger partial charge in [-0.3, -0.25) is 0 Å². The third kappa shape index (κ3) is 5.58. The van der Waals surface area contributed by atoms with E-state index in [4.69, 9.17) is 15.0 Å². The van der Waals surface area contributed by atoms with E-state index < -0.39 is 0 Å². The highest BCUT2D eigenvalue weighted by Crippen LogP contribution is 2.42. The summed E-state index contributed by atoms with van der Waals surface area (Å²) in [7, 11) is 0. The second-order valence-corrected chi connectivity index (χ2v) is 13.1. The van der Waals surface area contributed by atoms with Gasteiger partial charge in [-0.15, -0.1) is 11.3 Å². The summed E-state index contributed by atoms with van der Waals surface area (Å²) in [6.07, 6.45) is 0. The van der Waals surface area contributed by atoms with Gasteiger partial charge < -0.3 is 0 Å². The van der Waals surface area contributed by atoms with Crippen LogP contribution < -0.4 is 0 Å². The third-order valence-electron chi connectivity index (χ3n) is 8.94. The van der Waals surface area contributed by atoms with Crippen LogP contribution in [0.2, 0.25) is 0 Å². The molecule has 7 aromatic carbocycles. The predicted octanol–water partition coefficient (Wildman–Crippen LogP) is 12.2. The molecule has 0 saturated heterocycles. The van der Waals surface area contributed by atoms with Crippen molar-refractivity contribution in [1.82, 2.24) is 15.0 Å². The molecule has 0 bridgehead atoms. The minimum absolute atomic E-state index is 0.641. The Morgan fingerprint density at radius 3 is 1.49 bits per heavy atom. The fourth-order valence-corrected chi connectivity index (χ4v) is 7.67. The Morgan fingerprint density at radius 2 is 0.796 bits per heavy atom. The third-order valence-corrected chi connectivity index (χ3v) is 10.1. The molecule has 0 unspecified atom stereocenters. The lowest BCUT2D eigenvalue weighted by molar-refractivity contribution is 1.07. The molecule has 0 amide bonds. The predicted molar refractivity (Wildman–Crippen MR) is 205 cm³/mol.